The lowest BCUT2D eigenvalue weighted by molar-refractivity contribution is 0.0823. The lowest BCUT2D eigenvalue weighted by Gasteiger charge is -2.13. The number of para-hydroxylation sites is 1. The van der Waals surface area contributed by atoms with Gasteiger partial charge >= 0.3 is 0 Å². The van der Waals surface area contributed by atoms with E-state index in [-0.39, 0.29) is 24.8 Å². The molecular formula is C20H21NO4. The molecule has 130 valence electrons. The highest BCUT2D eigenvalue weighted by Gasteiger charge is 2.18. The fraction of sp³-hybridized carbons (Fsp3) is 0.250. The third-order valence-corrected chi connectivity index (χ3v) is 3.98. The van der Waals surface area contributed by atoms with Crippen LogP contribution in [0.15, 0.2) is 52.9 Å². The van der Waals surface area contributed by atoms with E-state index < -0.39 is 6.10 Å². The Kier molecular flexibility index (Phi) is 5.05. The first-order valence-corrected chi connectivity index (χ1v) is 8.18. The molecule has 0 aliphatic carbocycles. The molecule has 3 aromatic rings. The van der Waals surface area contributed by atoms with Crippen molar-refractivity contribution in [3.63, 3.8) is 0 Å². The van der Waals surface area contributed by atoms with Crippen LogP contribution in [0.5, 0.6) is 5.75 Å². The number of aliphatic hydroxyl groups excluding tert-OH is 1. The van der Waals surface area contributed by atoms with Crippen LogP contribution in [0.4, 0.5) is 0 Å². The summed E-state index contributed by atoms with van der Waals surface area (Å²) in [4.78, 5) is 12.3. The zero-order chi connectivity index (χ0) is 17.8. The van der Waals surface area contributed by atoms with Gasteiger partial charge in [-0.25, -0.2) is 0 Å². The van der Waals surface area contributed by atoms with Gasteiger partial charge in [0, 0.05) is 17.5 Å². The summed E-state index contributed by atoms with van der Waals surface area (Å²) in [5.74, 6) is 0.620. The summed E-state index contributed by atoms with van der Waals surface area (Å²) in [6, 6.07) is 15.1. The van der Waals surface area contributed by atoms with Gasteiger partial charge in [-0.3, -0.25) is 4.79 Å². The van der Waals surface area contributed by atoms with E-state index in [2.05, 4.69) is 5.32 Å². The Hall–Kier alpha value is -2.79. The number of hydrogen-bond acceptors (Lipinski definition) is 4. The van der Waals surface area contributed by atoms with Gasteiger partial charge in [-0.1, -0.05) is 30.3 Å². The van der Waals surface area contributed by atoms with Crippen LogP contribution in [0.1, 0.15) is 21.7 Å². The molecule has 2 N–H and O–H groups in total. The number of nitrogens with one attached hydrogen (secondary N) is 1. The molecule has 1 amide bonds. The number of furan rings is 1. The molecule has 5 heteroatoms. The number of aryl methyl sites for hydroxylation is 2. The average Bonchev–Trinajstić information content (AvgIpc) is 2.95. The van der Waals surface area contributed by atoms with E-state index in [1.54, 1.807) is 0 Å². The molecule has 0 bridgehead atoms. The van der Waals surface area contributed by atoms with Crippen molar-refractivity contribution in [3.8, 4) is 5.75 Å². The zero-order valence-corrected chi connectivity index (χ0v) is 14.3. The minimum atomic E-state index is -0.811. The Balaban J connectivity index is 1.55. The molecule has 0 saturated heterocycles. The van der Waals surface area contributed by atoms with Crippen molar-refractivity contribution < 1.29 is 19.1 Å². The number of carbonyl (C=O) groups excluding carboxylic acids is 1. The minimum absolute atomic E-state index is 0.0845. The molecule has 1 unspecified atom stereocenters. The quantitative estimate of drug-likeness (QED) is 0.723. The third kappa shape index (κ3) is 4.00. The Bertz CT molecular complexity index is 884. The standard InChI is InChI=1S/C20H21NO4/c1-13-6-5-7-16(10-13)24-12-15(22)11-21-20(23)19-14(2)17-8-3-4-9-18(17)25-19/h3-10,15,22H,11-12H2,1-2H3,(H,21,23). The van der Waals surface area contributed by atoms with E-state index in [0.29, 0.717) is 11.3 Å². The highest BCUT2D eigenvalue weighted by molar-refractivity contribution is 5.98. The SMILES string of the molecule is Cc1cccc(OCC(O)CNC(=O)c2oc3ccccc3c2C)c1. The molecular weight excluding hydrogens is 318 g/mol. The molecule has 5 nitrogen and oxygen atoms in total. The number of hydrogen-bond donors (Lipinski definition) is 2. The summed E-state index contributed by atoms with van der Waals surface area (Å²) in [6.07, 6.45) is -0.811. The molecule has 1 atom stereocenters. The van der Waals surface area contributed by atoms with Crippen molar-refractivity contribution in [3.05, 3.63) is 65.4 Å². The fourth-order valence-electron chi connectivity index (χ4n) is 2.64. The van der Waals surface area contributed by atoms with Crippen molar-refractivity contribution in [2.45, 2.75) is 20.0 Å². The highest BCUT2D eigenvalue weighted by atomic mass is 16.5. The maximum atomic E-state index is 12.3. The summed E-state index contributed by atoms with van der Waals surface area (Å²) in [5, 5.41) is 13.6. The summed E-state index contributed by atoms with van der Waals surface area (Å²) in [5.41, 5.74) is 2.55. The van der Waals surface area contributed by atoms with Gasteiger partial charge in [-0.2, -0.15) is 0 Å². The normalized spacial score (nSPS) is 12.1. The Morgan fingerprint density at radius 1 is 1.20 bits per heavy atom. The van der Waals surface area contributed by atoms with Crippen LogP contribution in [0, 0.1) is 13.8 Å². The summed E-state index contributed by atoms with van der Waals surface area (Å²) >= 11 is 0. The number of rotatable bonds is 6. The van der Waals surface area contributed by atoms with Crippen LogP contribution in [0.25, 0.3) is 11.0 Å². The van der Waals surface area contributed by atoms with E-state index in [1.807, 2.05) is 62.4 Å². The third-order valence-electron chi connectivity index (χ3n) is 3.98. The zero-order valence-electron chi connectivity index (χ0n) is 14.3. The number of amides is 1. The molecule has 0 aliphatic rings. The van der Waals surface area contributed by atoms with E-state index in [9.17, 15) is 9.90 Å². The van der Waals surface area contributed by atoms with Crippen LogP contribution in [0.2, 0.25) is 0 Å². The van der Waals surface area contributed by atoms with Crippen LogP contribution >= 0.6 is 0 Å². The number of ether oxygens (including phenoxy) is 1. The van der Waals surface area contributed by atoms with Gasteiger partial charge in [-0.05, 0) is 37.6 Å². The lowest BCUT2D eigenvalue weighted by atomic mass is 10.1. The van der Waals surface area contributed by atoms with Crippen LogP contribution in [-0.4, -0.2) is 30.3 Å². The second kappa shape index (κ2) is 7.40. The first-order chi connectivity index (χ1) is 12.0. The van der Waals surface area contributed by atoms with Crippen molar-refractivity contribution in [2.75, 3.05) is 13.2 Å². The molecule has 0 fully saturated rings. The highest BCUT2D eigenvalue weighted by Crippen LogP contribution is 2.24. The second-order valence-electron chi connectivity index (χ2n) is 6.04. The molecule has 25 heavy (non-hydrogen) atoms. The maximum Gasteiger partial charge on any atom is 0.287 e. The van der Waals surface area contributed by atoms with Crippen molar-refractivity contribution in [1.82, 2.24) is 5.32 Å². The van der Waals surface area contributed by atoms with Gasteiger partial charge in [0.15, 0.2) is 5.76 Å². The van der Waals surface area contributed by atoms with Crippen molar-refractivity contribution in [1.29, 1.82) is 0 Å². The number of aliphatic hydroxyl groups is 1. The van der Waals surface area contributed by atoms with Gasteiger partial charge in [0.2, 0.25) is 0 Å². The number of fused-ring (bicyclic) bond motifs is 1. The molecule has 0 radical (unpaired) electrons. The van der Waals surface area contributed by atoms with E-state index in [0.717, 1.165) is 16.5 Å². The Morgan fingerprint density at radius 2 is 2.00 bits per heavy atom. The van der Waals surface area contributed by atoms with Crippen LogP contribution in [-0.2, 0) is 0 Å². The van der Waals surface area contributed by atoms with Gasteiger partial charge in [0.25, 0.3) is 5.91 Å². The Morgan fingerprint density at radius 3 is 2.76 bits per heavy atom. The average molecular weight is 339 g/mol. The van der Waals surface area contributed by atoms with E-state index in [4.69, 9.17) is 9.15 Å². The maximum absolute atomic E-state index is 12.3. The number of carbonyl (C=O) groups is 1. The molecule has 0 spiro atoms. The van der Waals surface area contributed by atoms with Gasteiger partial charge in [-0.15, -0.1) is 0 Å². The lowest BCUT2D eigenvalue weighted by Crippen LogP contribution is -2.35. The minimum Gasteiger partial charge on any atom is -0.491 e. The topological polar surface area (TPSA) is 71.7 Å². The van der Waals surface area contributed by atoms with Crippen molar-refractivity contribution in [2.24, 2.45) is 0 Å². The predicted octanol–water partition coefficient (Wildman–Crippen LogP) is 3.22. The first kappa shape index (κ1) is 17.0. The van der Waals surface area contributed by atoms with Gasteiger partial charge < -0.3 is 19.6 Å². The Labute approximate surface area is 146 Å². The molecule has 2 aromatic carbocycles. The number of benzene rings is 2. The molecule has 1 heterocycles. The van der Waals surface area contributed by atoms with Crippen LogP contribution in [0.3, 0.4) is 0 Å². The predicted molar refractivity (Wildman–Crippen MR) is 96.0 cm³/mol. The summed E-state index contributed by atoms with van der Waals surface area (Å²) in [6.45, 7) is 4.00. The van der Waals surface area contributed by atoms with Crippen LogP contribution < -0.4 is 10.1 Å². The first-order valence-electron chi connectivity index (χ1n) is 8.18. The van der Waals surface area contributed by atoms with E-state index >= 15 is 0 Å². The van der Waals surface area contributed by atoms with Crippen molar-refractivity contribution >= 4 is 16.9 Å². The molecule has 3 rings (SSSR count). The molecule has 0 saturated carbocycles. The van der Waals surface area contributed by atoms with Gasteiger partial charge in [0.05, 0.1) is 0 Å². The van der Waals surface area contributed by atoms with Gasteiger partial charge in [0.1, 0.15) is 24.0 Å². The summed E-state index contributed by atoms with van der Waals surface area (Å²) in [7, 11) is 0. The smallest absolute Gasteiger partial charge is 0.287 e. The fourth-order valence-corrected chi connectivity index (χ4v) is 2.64. The molecule has 0 aliphatic heterocycles. The molecule has 1 aromatic heterocycles. The largest absolute Gasteiger partial charge is 0.491 e. The van der Waals surface area contributed by atoms with E-state index in [1.165, 1.54) is 0 Å². The summed E-state index contributed by atoms with van der Waals surface area (Å²) < 4.78 is 11.1. The second-order valence-corrected chi connectivity index (χ2v) is 6.04. The monoisotopic (exact) mass is 339 g/mol.